The molecule has 12 rings (SSSR count). The Morgan fingerprint density at radius 1 is 0.400 bits per heavy atom. The van der Waals surface area contributed by atoms with Crippen molar-refractivity contribution in [3.05, 3.63) is 238 Å². The molecule has 16 heteroatoms. The van der Waals surface area contributed by atoms with Crippen LogP contribution in [0.2, 0.25) is 16.1 Å². The maximum Gasteiger partial charge on any atom is 0.501 e. The first kappa shape index (κ1) is 71.3. The first-order chi connectivity index (χ1) is 46.5. The molecule has 0 radical (unpaired) electrons. The third kappa shape index (κ3) is 17.4. The van der Waals surface area contributed by atoms with Crippen molar-refractivity contribution in [2.24, 2.45) is 0 Å². The number of fused-ring (bicyclic) bond motifs is 8. The zero-order chi connectivity index (χ0) is 67.1. The number of nitrogens with zero attached hydrogens (tertiary/aromatic N) is 2. The van der Waals surface area contributed by atoms with E-state index in [0.29, 0.717) is 82.1 Å². The van der Waals surface area contributed by atoms with Crippen LogP contribution in [0, 0.1) is 0 Å². The third-order valence-corrected chi connectivity index (χ3v) is 19.9. The van der Waals surface area contributed by atoms with Gasteiger partial charge in [-0.15, -0.1) is 0 Å². The minimum atomic E-state index is -2.77. The summed E-state index contributed by atoms with van der Waals surface area (Å²) < 4.78 is 64.8. The smallest absolute Gasteiger partial charge is 0.456 e. The second-order valence-electron chi connectivity index (χ2n) is 22.4. The van der Waals surface area contributed by atoms with Crippen molar-refractivity contribution in [2.45, 2.75) is 65.8 Å². The van der Waals surface area contributed by atoms with Crippen LogP contribution in [0.1, 0.15) is 89.8 Å². The van der Waals surface area contributed by atoms with Crippen LogP contribution in [0.4, 0.5) is 22.7 Å². The summed E-state index contributed by atoms with van der Waals surface area (Å²) in [6.07, 6.45) is 11.8. The number of aryl methyl sites for hydroxylation is 2. The van der Waals surface area contributed by atoms with Crippen LogP contribution in [0.15, 0.2) is 172 Å². The summed E-state index contributed by atoms with van der Waals surface area (Å²) in [7, 11) is 0.591. The second-order valence-corrected chi connectivity index (χ2v) is 25.9. The summed E-state index contributed by atoms with van der Waals surface area (Å²) in [5, 5.41) is 1.26. The van der Waals surface area contributed by atoms with E-state index in [2.05, 4.69) is 104 Å². The molecule has 0 saturated carbocycles. The minimum Gasteiger partial charge on any atom is -0.456 e. The molecule has 0 unspecified atom stereocenters. The zero-order valence-electron chi connectivity index (χ0n) is 55.7. The second kappa shape index (κ2) is 35.7. The van der Waals surface area contributed by atoms with Gasteiger partial charge in [0.05, 0.1) is 72.4 Å². The Balaban J connectivity index is 0.000000156. The quantitative estimate of drug-likeness (QED) is 0.0360. The molecule has 0 aliphatic carbocycles. The van der Waals surface area contributed by atoms with Crippen molar-refractivity contribution in [2.75, 3.05) is 96.6 Å². The van der Waals surface area contributed by atoms with E-state index in [1.54, 1.807) is 14.2 Å². The number of halogens is 2. The van der Waals surface area contributed by atoms with Gasteiger partial charge in [0, 0.05) is 99.4 Å². The van der Waals surface area contributed by atoms with E-state index in [1.165, 1.54) is 16.7 Å². The van der Waals surface area contributed by atoms with Crippen LogP contribution >= 0.6 is 23.2 Å². The van der Waals surface area contributed by atoms with Crippen LogP contribution < -0.4 is 28.7 Å². The van der Waals surface area contributed by atoms with E-state index in [9.17, 15) is 0 Å². The lowest BCUT2D eigenvalue weighted by atomic mass is 9.96. The van der Waals surface area contributed by atoms with Crippen molar-refractivity contribution in [3.8, 4) is 46.0 Å². The number of benzene rings is 8. The summed E-state index contributed by atoms with van der Waals surface area (Å²) in [5.74, 6) is 6.78. The molecule has 95 heavy (non-hydrogen) atoms. The lowest BCUT2D eigenvalue weighted by Gasteiger charge is -2.35. The van der Waals surface area contributed by atoms with Gasteiger partial charge in [-0.3, -0.25) is 0 Å². The van der Waals surface area contributed by atoms with Gasteiger partial charge in [0.2, 0.25) is 0 Å². The van der Waals surface area contributed by atoms with E-state index in [4.69, 9.17) is 74.4 Å². The van der Waals surface area contributed by atoms with E-state index in [0.717, 1.165) is 146 Å². The molecule has 0 bridgehead atoms. The molecule has 4 aliphatic rings. The van der Waals surface area contributed by atoms with E-state index in [1.807, 2.05) is 130 Å². The highest BCUT2D eigenvalue weighted by Gasteiger charge is 2.41. The largest absolute Gasteiger partial charge is 0.501 e. The molecule has 0 atom stereocenters. The fraction of sp³-hybridized carbons (Fsp3) is 0.291. The molecule has 0 amide bonds. The van der Waals surface area contributed by atoms with Gasteiger partial charge in [-0.2, -0.15) is 0 Å². The lowest BCUT2D eigenvalue weighted by Crippen LogP contribution is -2.46. The standard InChI is InChI=1S/C28H43NO6Si.C21H23NO3.C17H14O.C13H8Cl2O/c1-6-12-23-13-10-15-25-27(23)35-28-24(17-22-36(32-7-2,33-8-3)34-9-4)14-11-16-26(28)29(25)18-19-31-21-20-30-5;1-4-16-8-6-10-18-20(16)25-21-17(5-2)9-7-11-19(21)22(18)12-13-24-15-14-23-3;1-3-12-7-5-9-14-11-15-10-6-8-13(4-2)17(15)18-16(12)14;14-10-5-1-3-8-7-9-4-2-6-11(15)13(9)16-12(8)10/h10-11,13-16H,6-9,12,17-22H2,1-5H3;4-11H,1-2,12-15H2,3H3;3-10H,1-2,11H2;1-6H,7H2. The Kier molecular flexibility index (Phi) is 26.8. The Morgan fingerprint density at radius 3 is 1.14 bits per heavy atom. The molecule has 0 fully saturated rings. The maximum absolute atomic E-state index is 6.70. The van der Waals surface area contributed by atoms with E-state index < -0.39 is 8.80 Å². The van der Waals surface area contributed by atoms with Crippen molar-refractivity contribution >= 4 is 79.1 Å². The van der Waals surface area contributed by atoms with Gasteiger partial charge in [-0.1, -0.05) is 196 Å². The first-order valence-electron chi connectivity index (χ1n) is 32.6. The topological polar surface area (TPSA) is 108 Å². The average Bonchev–Trinajstić information content (AvgIpc) is 0.777. The van der Waals surface area contributed by atoms with Crippen molar-refractivity contribution in [1.82, 2.24) is 0 Å². The summed E-state index contributed by atoms with van der Waals surface area (Å²) in [6.45, 7) is 30.3. The molecule has 0 N–H and O–H groups in total. The number of hydrogen-bond donors (Lipinski definition) is 0. The number of methoxy groups -OCH3 is 2. The van der Waals surface area contributed by atoms with Crippen molar-refractivity contribution in [3.63, 3.8) is 0 Å². The monoisotopic (exact) mass is 1340 g/mol. The molecule has 8 aromatic rings. The molecular weight excluding hydrogens is 1250 g/mol. The van der Waals surface area contributed by atoms with Crippen LogP contribution in [0.3, 0.4) is 0 Å². The summed E-state index contributed by atoms with van der Waals surface area (Å²) >= 11 is 12.2. The van der Waals surface area contributed by atoms with E-state index >= 15 is 0 Å². The van der Waals surface area contributed by atoms with E-state index in [-0.39, 0.29) is 0 Å². The van der Waals surface area contributed by atoms with Gasteiger partial charge in [-0.25, -0.2) is 0 Å². The van der Waals surface area contributed by atoms with Gasteiger partial charge in [0.15, 0.2) is 23.0 Å². The van der Waals surface area contributed by atoms with Gasteiger partial charge < -0.3 is 61.0 Å². The highest BCUT2D eigenvalue weighted by Crippen LogP contribution is 2.52. The summed E-state index contributed by atoms with van der Waals surface area (Å²) in [6, 6.07) is 49.5. The Labute approximate surface area is 573 Å². The molecule has 4 aliphatic heterocycles. The summed E-state index contributed by atoms with van der Waals surface area (Å²) in [4.78, 5) is 4.54. The minimum absolute atomic E-state index is 0.570. The average molecular weight is 1340 g/mol. The summed E-state index contributed by atoms with van der Waals surface area (Å²) in [5.41, 5.74) is 15.2. The van der Waals surface area contributed by atoms with Crippen molar-refractivity contribution in [1.29, 1.82) is 0 Å². The first-order valence-corrected chi connectivity index (χ1v) is 35.3. The third-order valence-electron chi connectivity index (χ3n) is 16.3. The fourth-order valence-corrected chi connectivity index (χ4v) is 14.9. The predicted octanol–water partition coefficient (Wildman–Crippen LogP) is 20.4. The van der Waals surface area contributed by atoms with Crippen LogP contribution in [0.25, 0.3) is 24.3 Å². The molecule has 0 aromatic heterocycles. The highest BCUT2D eigenvalue weighted by molar-refractivity contribution is 6.60. The molecule has 498 valence electrons. The fourth-order valence-electron chi connectivity index (χ4n) is 11.8. The maximum atomic E-state index is 6.70. The van der Waals surface area contributed by atoms with Crippen LogP contribution in [0.5, 0.6) is 46.0 Å². The van der Waals surface area contributed by atoms with Gasteiger partial charge in [-0.05, 0) is 92.3 Å². The molecule has 0 spiro atoms. The number of rotatable bonds is 27. The predicted molar refractivity (Wildman–Crippen MR) is 390 cm³/mol. The Hall–Kier alpha value is -7.96. The zero-order valence-corrected chi connectivity index (χ0v) is 58.2. The SMILES string of the molecule is C=Cc1cccc2c1Oc1c(C=C)cccc1C2.C=Cc1cccc2c1Oc1c(C=C)cccc1N2CCOCCOC.CCCc1cccc2c1Oc1c(CC[Si](OCC)(OCC)OCC)cccc1N2CCOCCOC.Clc1cccc2c1Oc1c(Cl)cccc1C2. The number of ether oxygens (including phenoxy) is 8. The molecule has 4 heterocycles. The molecule has 8 aromatic carbocycles. The number of para-hydroxylation sites is 8. The van der Waals surface area contributed by atoms with Gasteiger partial charge in [0.25, 0.3) is 0 Å². The Bertz CT molecular complexity index is 3730. The highest BCUT2D eigenvalue weighted by atomic mass is 35.5. The van der Waals surface area contributed by atoms with Crippen LogP contribution in [-0.4, -0.2) is 95.6 Å². The number of anilines is 4. The molecular formula is C79H88Cl2N2O11Si. The molecule has 0 saturated heterocycles. The molecule has 13 nitrogen and oxygen atoms in total. The lowest BCUT2D eigenvalue weighted by molar-refractivity contribution is 0.0714. The van der Waals surface area contributed by atoms with Crippen LogP contribution in [-0.2, 0) is 57.9 Å². The number of hydrogen-bond acceptors (Lipinski definition) is 13. The van der Waals surface area contributed by atoms with Gasteiger partial charge in [0.1, 0.15) is 23.0 Å². The normalized spacial score (nSPS) is 12.5. The van der Waals surface area contributed by atoms with Gasteiger partial charge >= 0.3 is 8.80 Å². The Morgan fingerprint density at radius 2 is 0.737 bits per heavy atom. The van der Waals surface area contributed by atoms with Crippen molar-refractivity contribution < 1.29 is 51.2 Å².